The summed E-state index contributed by atoms with van der Waals surface area (Å²) in [6.45, 7) is 2.35. The topological polar surface area (TPSA) is 0 Å². The molecular weight excluding hydrogens is 304 g/mol. The molecule has 1 heteroatoms. The molecule has 0 saturated heterocycles. The van der Waals surface area contributed by atoms with Gasteiger partial charge in [-0.1, -0.05) is 0 Å². The Morgan fingerprint density at radius 1 is 1.36 bits per heavy atom. The van der Waals surface area contributed by atoms with Gasteiger partial charge in [0.25, 0.3) is 0 Å². The van der Waals surface area contributed by atoms with Crippen LogP contribution in [0, 0.1) is 0 Å². The molecule has 11 heavy (non-hydrogen) atoms. The summed E-state index contributed by atoms with van der Waals surface area (Å²) in [6, 6.07) is 0. The van der Waals surface area contributed by atoms with Crippen LogP contribution in [0.5, 0.6) is 0 Å². The van der Waals surface area contributed by atoms with E-state index < -0.39 is 14.8 Å². The van der Waals surface area contributed by atoms with Gasteiger partial charge in [0.1, 0.15) is 0 Å². The maximum absolute atomic E-state index is 2.54. The second-order valence-corrected chi connectivity index (χ2v) is 28.8. The first-order valence-corrected chi connectivity index (χ1v) is 16.5. The van der Waals surface area contributed by atoms with Crippen molar-refractivity contribution in [1.82, 2.24) is 0 Å². The van der Waals surface area contributed by atoms with Crippen molar-refractivity contribution in [2.75, 3.05) is 0 Å². The SMILES string of the molecule is C[CH2][W]([CH3])([CH3])([CH3])[C]1=CC=CC1. The summed E-state index contributed by atoms with van der Waals surface area (Å²) >= 11 is -2.25. The monoisotopic (exact) mass is 323 g/mol. The molecule has 0 saturated carbocycles. The van der Waals surface area contributed by atoms with E-state index >= 15 is 0 Å². The molecule has 0 unspecified atom stereocenters. The zero-order valence-electron chi connectivity index (χ0n) is 8.05. The molecule has 0 nitrogen and oxygen atoms in total. The molecular formula is C10H19W. The van der Waals surface area contributed by atoms with Crippen LogP contribution < -0.4 is 0 Å². The summed E-state index contributed by atoms with van der Waals surface area (Å²) in [6.07, 6.45) is 8.10. The van der Waals surface area contributed by atoms with E-state index in [9.17, 15) is 0 Å². The van der Waals surface area contributed by atoms with E-state index in [1.54, 1.807) is 3.96 Å². The van der Waals surface area contributed by atoms with Crippen LogP contribution in [-0.4, -0.2) is 0 Å². The van der Waals surface area contributed by atoms with Crippen LogP contribution >= 0.6 is 0 Å². The van der Waals surface area contributed by atoms with Crippen molar-refractivity contribution in [3.8, 4) is 0 Å². The van der Waals surface area contributed by atoms with Gasteiger partial charge in [0, 0.05) is 0 Å². The summed E-state index contributed by atoms with van der Waals surface area (Å²) in [5.74, 6) is 0. The Kier molecular flexibility index (Phi) is 2.18. The molecule has 0 aliphatic heterocycles. The molecule has 1 aliphatic rings. The Morgan fingerprint density at radius 2 is 2.00 bits per heavy atom. The van der Waals surface area contributed by atoms with E-state index in [4.69, 9.17) is 0 Å². The zero-order chi connectivity index (χ0) is 8.56. The van der Waals surface area contributed by atoms with Gasteiger partial charge in [0.2, 0.25) is 0 Å². The van der Waals surface area contributed by atoms with Crippen molar-refractivity contribution in [2.45, 2.75) is 34.1 Å². The van der Waals surface area contributed by atoms with Gasteiger partial charge in [-0.3, -0.25) is 0 Å². The molecule has 0 radical (unpaired) electrons. The predicted octanol–water partition coefficient (Wildman–Crippen LogP) is 4.10. The van der Waals surface area contributed by atoms with Crippen LogP contribution in [0.2, 0.25) is 20.8 Å². The fourth-order valence-corrected chi connectivity index (χ4v) is 7.17. The van der Waals surface area contributed by atoms with Crippen molar-refractivity contribution in [2.24, 2.45) is 0 Å². The Balaban J connectivity index is 2.89. The molecule has 0 aromatic rings. The molecule has 0 amide bonds. The van der Waals surface area contributed by atoms with E-state index in [0.717, 1.165) is 0 Å². The van der Waals surface area contributed by atoms with Gasteiger partial charge < -0.3 is 0 Å². The Bertz CT molecular complexity index is 213. The normalized spacial score (nSPS) is 21.1. The van der Waals surface area contributed by atoms with Crippen LogP contribution in [0.3, 0.4) is 0 Å². The second-order valence-electron chi connectivity index (χ2n) is 4.40. The first-order valence-electron chi connectivity index (χ1n) is 4.14. The average Bonchev–Trinajstić information content (AvgIpc) is 2.38. The number of rotatable bonds is 2. The number of hydrogen-bond acceptors (Lipinski definition) is 0. The number of allylic oxidation sites excluding steroid dienone is 4. The summed E-state index contributed by atoms with van der Waals surface area (Å²) in [5.41, 5.74) is 0. The molecule has 0 bridgehead atoms. The summed E-state index contributed by atoms with van der Waals surface area (Å²) in [4.78, 5) is 1.41. The first-order chi connectivity index (χ1) is 4.94. The molecule has 65 valence electrons. The minimum absolute atomic E-state index is 1.24. The summed E-state index contributed by atoms with van der Waals surface area (Å²) in [5, 5.41) is 7.62. The zero-order valence-corrected chi connectivity index (χ0v) is 11.0. The third-order valence-electron chi connectivity index (χ3n) is 2.72. The fraction of sp³-hybridized carbons (Fsp3) is 0.600. The second kappa shape index (κ2) is 2.59. The van der Waals surface area contributed by atoms with Crippen molar-refractivity contribution in [3.05, 3.63) is 22.2 Å². The molecule has 0 atom stereocenters. The number of hydrogen-bond donors (Lipinski definition) is 0. The van der Waals surface area contributed by atoms with Crippen LogP contribution in [0.1, 0.15) is 13.3 Å². The molecule has 0 fully saturated rings. The standard InChI is InChI=1S/C5H5.C2H5.3CH3.W/c1-2-4-5-3-1;1-2;;;;/h1-3H,4H2;1H2,2H3;3*1H3;. The molecule has 1 aliphatic carbocycles. The third-order valence-corrected chi connectivity index (χ3v) is 18.1. The molecule has 0 aromatic carbocycles. The van der Waals surface area contributed by atoms with Crippen LogP contribution in [0.25, 0.3) is 0 Å². The van der Waals surface area contributed by atoms with Gasteiger partial charge in [0.05, 0.1) is 0 Å². The molecule has 0 spiro atoms. The Morgan fingerprint density at radius 3 is 2.36 bits per heavy atom. The Labute approximate surface area is 71.2 Å². The van der Waals surface area contributed by atoms with Crippen molar-refractivity contribution in [1.29, 1.82) is 0 Å². The van der Waals surface area contributed by atoms with E-state index in [-0.39, 0.29) is 0 Å². The van der Waals surface area contributed by atoms with E-state index in [1.807, 2.05) is 0 Å². The Hall–Kier alpha value is 0.168. The molecule has 0 N–H and O–H groups in total. The average molecular weight is 323 g/mol. The third kappa shape index (κ3) is 1.85. The minimum atomic E-state index is -2.25. The molecule has 0 aromatic heterocycles. The van der Waals surface area contributed by atoms with Gasteiger partial charge in [-0.25, -0.2) is 0 Å². The molecule has 0 heterocycles. The summed E-state index contributed by atoms with van der Waals surface area (Å²) in [7, 11) is 0. The fourth-order valence-electron chi connectivity index (χ4n) is 1.17. The van der Waals surface area contributed by atoms with Gasteiger partial charge >= 0.3 is 71.1 Å². The predicted molar refractivity (Wildman–Crippen MR) is 49.9 cm³/mol. The maximum atomic E-state index is 2.54. The van der Waals surface area contributed by atoms with E-state index in [1.165, 1.54) is 11.2 Å². The van der Waals surface area contributed by atoms with Crippen LogP contribution in [-0.2, 0) is 14.8 Å². The van der Waals surface area contributed by atoms with Gasteiger partial charge in [0.15, 0.2) is 0 Å². The van der Waals surface area contributed by atoms with Gasteiger partial charge in [-0.05, 0) is 0 Å². The van der Waals surface area contributed by atoms with Gasteiger partial charge in [-0.15, -0.1) is 0 Å². The van der Waals surface area contributed by atoms with Crippen molar-refractivity contribution in [3.63, 3.8) is 0 Å². The van der Waals surface area contributed by atoms with Crippen molar-refractivity contribution >= 4 is 0 Å². The summed E-state index contributed by atoms with van der Waals surface area (Å²) < 4.78 is 1.77. The van der Waals surface area contributed by atoms with E-state index in [2.05, 4.69) is 41.1 Å². The van der Waals surface area contributed by atoms with E-state index in [0.29, 0.717) is 0 Å². The first kappa shape index (κ1) is 9.26. The van der Waals surface area contributed by atoms with Gasteiger partial charge in [-0.2, -0.15) is 0 Å². The quantitative estimate of drug-likeness (QED) is 0.718. The van der Waals surface area contributed by atoms with Crippen molar-refractivity contribution < 1.29 is 14.8 Å². The van der Waals surface area contributed by atoms with Crippen LogP contribution in [0.4, 0.5) is 0 Å². The van der Waals surface area contributed by atoms with Crippen LogP contribution in [0.15, 0.2) is 22.2 Å². The molecule has 1 rings (SSSR count).